The van der Waals surface area contributed by atoms with E-state index in [-0.39, 0.29) is 5.91 Å². The van der Waals surface area contributed by atoms with Crippen molar-refractivity contribution in [1.29, 1.82) is 0 Å². The molecule has 0 spiro atoms. The van der Waals surface area contributed by atoms with E-state index < -0.39 is 0 Å². The van der Waals surface area contributed by atoms with Crippen molar-refractivity contribution < 1.29 is 4.79 Å². The highest BCUT2D eigenvalue weighted by molar-refractivity contribution is 9.10. The van der Waals surface area contributed by atoms with Crippen molar-refractivity contribution in [2.75, 3.05) is 13.1 Å². The van der Waals surface area contributed by atoms with Crippen molar-refractivity contribution in [1.82, 2.24) is 4.90 Å². The summed E-state index contributed by atoms with van der Waals surface area (Å²) in [6.45, 7) is 1.85. The summed E-state index contributed by atoms with van der Waals surface area (Å²) in [4.78, 5) is 14.4. The number of benzene rings is 2. The molecule has 1 heterocycles. The van der Waals surface area contributed by atoms with Crippen LogP contribution >= 0.6 is 15.9 Å². The molecule has 1 aliphatic rings. The molecule has 0 saturated carbocycles. The van der Waals surface area contributed by atoms with Gasteiger partial charge in [0.2, 0.25) is 5.91 Å². The lowest BCUT2D eigenvalue weighted by atomic mass is 10.0. The molecule has 0 radical (unpaired) electrons. The lowest BCUT2D eigenvalue weighted by molar-refractivity contribution is -0.131. The first-order valence-electron chi connectivity index (χ1n) is 7.19. The fourth-order valence-electron chi connectivity index (χ4n) is 2.90. The van der Waals surface area contributed by atoms with Crippen molar-refractivity contribution in [2.45, 2.75) is 25.7 Å². The fourth-order valence-corrected chi connectivity index (χ4v) is 3.37. The van der Waals surface area contributed by atoms with Gasteiger partial charge in [0, 0.05) is 17.6 Å². The molecular weight excluding hydrogens is 314 g/mol. The monoisotopic (exact) mass is 331 g/mol. The molecule has 2 aromatic rings. The highest BCUT2D eigenvalue weighted by Gasteiger charge is 2.17. The maximum atomic E-state index is 12.4. The zero-order valence-corrected chi connectivity index (χ0v) is 13.0. The molecule has 3 heteroatoms. The molecule has 0 aliphatic carbocycles. The minimum Gasteiger partial charge on any atom is -0.342 e. The van der Waals surface area contributed by atoms with E-state index in [2.05, 4.69) is 34.1 Å². The molecule has 1 amide bonds. The third-order valence-electron chi connectivity index (χ3n) is 4.01. The molecule has 0 N–H and O–H groups in total. The number of hydrogen-bond acceptors (Lipinski definition) is 1. The van der Waals surface area contributed by atoms with Gasteiger partial charge >= 0.3 is 0 Å². The first-order chi connectivity index (χ1) is 9.75. The van der Waals surface area contributed by atoms with E-state index in [4.69, 9.17) is 0 Å². The number of likely N-dealkylation sites (tertiary alicyclic amines) is 1. The van der Waals surface area contributed by atoms with E-state index in [1.807, 2.05) is 23.1 Å². The number of hydrogen-bond donors (Lipinski definition) is 0. The van der Waals surface area contributed by atoms with Crippen LogP contribution in [0.2, 0.25) is 0 Å². The third-order valence-corrected chi connectivity index (χ3v) is 4.70. The average Bonchev–Trinajstić information content (AvgIpc) is 2.51. The van der Waals surface area contributed by atoms with Crippen LogP contribution in [0.1, 0.15) is 24.8 Å². The summed E-state index contributed by atoms with van der Waals surface area (Å²) in [6.07, 6.45) is 4.05. The summed E-state index contributed by atoms with van der Waals surface area (Å²) in [7, 11) is 0. The predicted molar refractivity (Wildman–Crippen MR) is 85.8 cm³/mol. The number of carbonyl (C=O) groups is 1. The van der Waals surface area contributed by atoms with Crippen LogP contribution in [0.5, 0.6) is 0 Å². The minimum atomic E-state index is 0.261. The summed E-state index contributed by atoms with van der Waals surface area (Å²) >= 11 is 3.58. The number of piperidine rings is 1. The van der Waals surface area contributed by atoms with Gasteiger partial charge in [0.1, 0.15) is 0 Å². The van der Waals surface area contributed by atoms with Gasteiger partial charge in [-0.2, -0.15) is 0 Å². The minimum absolute atomic E-state index is 0.261. The van der Waals surface area contributed by atoms with E-state index in [9.17, 15) is 4.79 Å². The van der Waals surface area contributed by atoms with Gasteiger partial charge in [-0.05, 0) is 41.7 Å². The van der Waals surface area contributed by atoms with Crippen LogP contribution in [0.25, 0.3) is 10.8 Å². The maximum Gasteiger partial charge on any atom is 0.227 e. The van der Waals surface area contributed by atoms with E-state index in [1.165, 1.54) is 17.2 Å². The molecule has 1 saturated heterocycles. The number of amides is 1. The van der Waals surface area contributed by atoms with Crippen LogP contribution in [0.4, 0.5) is 0 Å². The second-order valence-electron chi connectivity index (χ2n) is 5.37. The van der Waals surface area contributed by atoms with Crippen molar-refractivity contribution in [3.8, 4) is 0 Å². The van der Waals surface area contributed by atoms with E-state index in [0.717, 1.165) is 36.0 Å². The van der Waals surface area contributed by atoms with Crippen LogP contribution < -0.4 is 0 Å². The first-order valence-corrected chi connectivity index (χ1v) is 7.99. The fraction of sp³-hybridized carbons (Fsp3) is 0.353. The van der Waals surface area contributed by atoms with Gasteiger partial charge in [0.25, 0.3) is 0 Å². The van der Waals surface area contributed by atoms with Crippen LogP contribution in [-0.4, -0.2) is 23.9 Å². The number of carbonyl (C=O) groups excluding carboxylic acids is 1. The van der Waals surface area contributed by atoms with Crippen molar-refractivity contribution in [3.05, 3.63) is 46.4 Å². The Morgan fingerprint density at radius 2 is 1.70 bits per heavy atom. The second kappa shape index (κ2) is 5.96. The molecule has 1 aliphatic heterocycles. The Hall–Kier alpha value is -1.35. The zero-order chi connectivity index (χ0) is 13.9. The summed E-state index contributed by atoms with van der Waals surface area (Å²) in [5.41, 5.74) is 1.12. The van der Waals surface area contributed by atoms with Gasteiger partial charge in [0.05, 0.1) is 6.42 Å². The topological polar surface area (TPSA) is 20.3 Å². The van der Waals surface area contributed by atoms with Crippen LogP contribution in [0.15, 0.2) is 40.9 Å². The molecule has 104 valence electrons. The van der Waals surface area contributed by atoms with Gasteiger partial charge in [0.15, 0.2) is 0 Å². The van der Waals surface area contributed by atoms with Crippen LogP contribution in [0.3, 0.4) is 0 Å². The van der Waals surface area contributed by atoms with E-state index >= 15 is 0 Å². The molecule has 0 bridgehead atoms. The van der Waals surface area contributed by atoms with Gasteiger partial charge in [-0.25, -0.2) is 0 Å². The molecule has 2 aromatic carbocycles. The molecule has 0 aromatic heterocycles. The molecular formula is C17H18BrNO. The molecule has 1 fully saturated rings. The summed E-state index contributed by atoms with van der Waals surface area (Å²) < 4.78 is 1.09. The van der Waals surface area contributed by atoms with Gasteiger partial charge in [-0.1, -0.05) is 46.3 Å². The van der Waals surface area contributed by atoms with Crippen molar-refractivity contribution in [3.63, 3.8) is 0 Å². The Morgan fingerprint density at radius 3 is 2.45 bits per heavy atom. The Kier molecular flexibility index (Phi) is 4.06. The lowest BCUT2D eigenvalue weighted by Crippen LogP contribution is -2.36. The summed E-state index contributed by atoms with van der Waals surface area (Å²) in [5, 5.41) is 2.35. The Bertz CT molecular complexity index is 632. The third kappa shape index (κ3) is 2.73. The standard InChI is InChI=1S/C17H18BrNO/c18-16-9-8-13(14-6-2-3-7-15(14)16)12-17(20)19-10-4-1-5-11-19/h2-3,6-9H,1,4-5,10-12H2. The number of nitrogens with zero attached hydrogens (tertiary/aromatic N) is 1. The summed E-state index contributed by atoms with van der Waals surface area (Å²) in [6, 6.07) is 12.4. The second-order valence-corrected chi connectivity index (χ2v) is 6.22. The predicted octanol–water partition coefficient (Wildman–Crippen LogP) is 4.16. The molecule has 3 rings (SSSR count). The SMILES string of the molecule is O=C(Cc1ccc(Br)c2ccccc12)N1CCCCC1. The van der Waals surface area contributed by atoms with E-state index in [0.29, 0.717) is 6.42 Å². The largest absolute Gasteiger partial charge is 0.342 e. The normalized spacial score (nSPS) is 15.6. The number of fused-ring (bicyclic) bond motifs is 1. The highest BCUT2D eigenvalue weighted by Crippen LogP contribution is 2.27. The molecule has 2 nitrogen and oxygen atoms in total. The van der Waals surface area contributed by atoms with Gasteiger partial charge in [-0.15, -0.1) is 0 Å². The molecule has 0 atom stereocenters. The van der Waals surface area contributed by atoms with Gasteiger partial charge < -0.3 is 4.90 Å². The molecule has 20 heavy (non-hydrogen) atoms. The van der Waals surface area contributed by atoms with Crippen molar-refractivity contribution in [2.24, 2.45) is 0 Å². The molecule has 0 unspecified atom stereocenters. The Balaban J connectivity index is 1.87. The quantitative estimate of drug-likeness (QED) is 0.809. The maximum absolute atomic E-state index is 12.4. The first kappa shape index (κ1) is 13.6. The lowest BCUT2D eigenvalue weighted by Gasteiger charge is -2.27. The smallest absolute Gasteiger partial charge is 0.227 e. The number of halogens is 1. The Morgan fingerprint density at radius 1 is 1.00 bits per heavy atom. The zero-order valence-electron chi connectivity index (χ0n) is 11.4. The Labute approximate surface area is 127 Å². The number of rotatable bonds is 2. The highest BCUT2D eigenvalue weighted by atomic mass is 79.9. The van der Waals surface area contributed by atoms with Crippen LogP contribution in [0, 0.1) is 0 Å². The van der Waals surface area contributed by atoms with Crippen molar-refractivity contribution >= 4 is 32.6 Å². The average molecular weight is 332 g/mol. The van der Waals surface area contributed by atoms with Gasteiger partial charge in [-0.3, -0.25) is 4.79 Å². The van der Waals surface area contributed by atoms with E-state index in [1.54, 1.807) is 0 Å². The summed E-state index contributed by atoms with van der Waals surface area (Å²) in [5.74, 6) is 0.261. The van der Waals surface area contributed by atoms with Crippen LogP contribution in [-0.2, 0) is 11.2 Å².